The van der Waals surface area contributed by atoms with Crippen molar-refractivity contribution in [2.45, 2.75) is 38.6 Å². The van der Waals surface area contributed by atoms with Gasteiger partial charge in [0.05, 0.1) is 11.7 Å². The van der Waals surface area contributed by atoms with Gasteiger partial charge in [-0.25, -0.2) is 4.98 Å². The minimum Gasteiger partial charge on any atom is -0.320 e. The van der Waals surface area contributed by atoms with E-state index in [-0.39, 0.29) is 11.8 Å². The van der Waals surface area contributed by atoms with Gasteiger partial charge in [-0.05, 0) is 37.6 Å². The second kappa shape index (κ2) is 7.93. The number of carbonyl (C=O) groups excluding carboxylic acids is 1. The third-order valence-electron chi connectivity index (χ3n) is 4.95. The quantitative estimate of drug-likeness (QED) is 0.633. The van der Waals surface area contributed by atoms with Crippen LogP contribution >= 0.6 is 0 Å². The van der Waals surface area contributed by atoms with E-state index in [2.05, 4.69) is 44.8 Å². The number of para-hydroxylation sites is 1. The van der Waals surface area contributed by atoms with Crippen molar-refractivity contribution in [3.8, 4) is 11.4 Å². The first-order valence-corrected chi connectivity index (χ1v) is 9.70. The first-order chi connectivity index (χ1) is 13.6. The topological polar surface area (TPSA) is 101 Å². The van der Waals surface area contributed by atoms with Crippen LogP contribution < -0.4 is 10.6 Å². The molecule has 3 N–H and O–H groups in total. The van der Waals surface area contributed by atoms with E-state index in [1.807, 2.05) is 35.1 Å². The number of aromatic amines is 1. The molecule has 0 saturated carbocycles. The number of nitrogens with zero attached hydrogens (tertiary/aromatic N) is 4. The summed E-state index contributed by atoms with van der Waals surface area (Å²) in [4.78, 5) is 17.3. The molecule has 1 unspecified atom stereocenters. The van der Waals surface area contributed by atoms with Crippen LogP contribution in [0.1, 0.15) is 55.0 Å². The number of aromatic nitrogens is 5. The van der Waals surface area contributed by atoms with Gasteiger partial charge in [0.2, 0.25) is 0 Å². The summed E-state index contributed by atoms with van der Waals surface area (Å²) in [5.74, 6) is 1.39. The van der Waals surface area contributed by atoms with E-state index < -0.39 is 0 Å². The summed E-state index contributed by atoms with van der Waals surface area (Å²) in [6, 6.07) is 9.58. The molecule has 2 aromatic heterocycles. The monoisotopic (exact) mass is 379 g/mol. The van der Waals surface area contributed by atoms with Gasteiger partial charge in [0.25, 0.3) is 5.91 Å². The predicted octanol–water partition coefficient (Wildman–Crippen LogP) is 2.97. The minimum atomic E-state index is -0.241. The van der Waals surface area contributed by atoms with Gasteiger partial charge >= 0.3 is 0 Å². The summed E-state index contributed by atoms with van der Waals surface area (Å²) >= 11 is 0. The molecular weight excluding hydrogens is 354 g/mol. The van der Waals surface area contributed by atoms with Gasteiger partial charge in [0.1, 0.15) is 5.82 Å². The SMILES string of the molecule is CC(C)c1nc(-c2ccccc2NC(=O)c2ccn(C3CCCNC3)n2)n[nH]1. The number of carbonyl (C=O) groups is 1. The molecule has 0 bridgehead atoms. The first-order valence-electron chi connectivity index (χ1n) is 9.70. The molecule has 8 heteroatoms. The molecule has 3 heterocycles. The van der Waals surface area contributed by atoms with Crippen molar-refractivity contribution < 1.29 is 4.79 Å². The summed E-state index contributed by atoms with van der Waals surface area (Å²) in [5, 5.41) is 18.1. The van der Waals surface area contributed by atoms with Gasteiger partial charge in [-0.2, -0.15) is 10.2 Å². The summed E-state index contributed by atoms with van der Waals surface area (Å²) in [7, 11) is 0. The normalized spacial score (nSPS) is 17.0. The number of anilines is 1. The van der Waals surface area contributed by atoms with Gasteiger partial charge in [0.15, 0.2) is 11.5 Å². The molecular formula is C20H25N7O. The van der Waals surface area contributed by atoms with Crippen molar-refractivity contribution in [1.29, 1.82) is 0 Å². The van der Waals surface area contributed by atoms with Crippen molar-refractivity contribution in [3.05, 3.63) is 48.0 Å². The molecule has 1 fully saturated rings. The third-order valence-corrected chi connectivity index (χ3v) is 4.95. The molecule has 0 aliphatic carbocycles. The number of piperidine rings is 1. The van der Waals surface area contributed by atoms with E-state index in [0.717, 1.165) is 37.3 Å². The van der Waals surface area contributed by atoms with Crippen molar-refractivity contribution in [1.82, 2.24) is 30.3 Å². The van der Waals surface area contributed by atoms with Crippen LogP contribution in [0, 0.1) is 0 Å². The fourth-order valence-electron chi connectivity index (χ4n) is 3.35. The molecule has 1 atom stereocenters. The van der Waals surface area contributed by atoms with Crippen molar-refractivity contribution in [3.63, 3.8) is 0 Å². The average Bonchev–Trinajstić information content (AvgIpc) is 3.39. The maximum absolute atomic E-state index is 12.8. The summed E-state index contributed by atoms with van der Waals surface area (Å²) in [5.41, 5.74) is 1.84. The molecule has 4 rings (SSSR count). The van der Waals surface area contributed by atoms with Crippen LogP contribution in [-0.4, -0.2) is 44.0 Å². The Bertz CT molecular complexity index is 953. The summed E-state index contributed by atoms with van der Waals surface area (Å²) in [6.07, 6.45) is 4.07. The Kier molecular flexibility index (Phi) is 5.21. The Morgan fingerprint density at radius 3 is 2.89 bits per heavy atom. The molecule has 0 spiro atoms. The Labute approximate surface area is 163 Å². The standard InChI is InChI=1S/C20H25N7O/c1-13(2)18-23-19(25-24-18)15-7-3-4-8-16(15)22-20(28)17-9-11-27(26-17)14-6-5-10-21-12-14/h3-4,7-9,11,13-14,21H,5-6,10,12H2,1-2H3,(H,22,28)(H,23,24,25). The highest BCUT2D eigenvalue weighted by Gasteiger charge is 2.19. The van der Waals surface area contributed by atoms with Crippen LogP contribution in [0.3, 0.4) is 0 Å². The number of hydrogen-bond acceptors (Lipinski definition) is 5. The van der Waals surface area contributed by atoms with Crippen LogP contribution in [0.5, 0.6) is 0 Å². The van der Waals surface area contributed by atoms with Crippen LogP contribution in [0.2, 0.25) is 0 Å². The van der Waals surface area contributed by atoms with Crippen LogP contribution in [0.4, 0.5) is 5.69 Å². The van der Waals surface area contributed by atoms with Crippen LogP contribution in [0.25, 0.3) is 11.4 Å². The fraction of sp³-hybridized carbons (Fsp3) is 0.400. The van der Waals surface area contributed by atoms with Crippen molar-refractivity contribution in [2.75, 3.05) is 18.4 Å². The fourth-order valence-corrected chi connectivity index (χ4v) is 3.35. The van der Waals surface area contributed by atoms with Crippen LogP contribution in [-0.2, 0) is 0 Å². The molecule has 1 saturated heterocycles. The Morgan fingerprint density at radius 2 is 2.14 bits per heavy atom. The van der Waals surface area contributed by atoms with Crippen molar-refractivity contribution >= 4 is 11.6 Å². The lowest BCUT2D eigenvalue weighted by Crippen LogP contribution is -2.32. The van der Waals surface area contributed by atoms with E-state index in [1.54, 1.807) is 6.07 Å². The number of rotatable bonds is 5. The molecule has 1 amide bonds. The zero-order chi connectivity index (χ0) is 19.5. The van der Waals surface area contributed by atoms with Gasteiger partial charge in [-0.3, -0.25) is 14.6 Å². The summed E-state index contributed by atoms with van der Waals surface area (Å²) in [6.45, 7) is 6.03. The Morgan fingerprint density at radius 1 is 1.29 bits per heavy atom. The zero-order valence-electron chi connectivity index (χ0n) is 16.1. The van der Waals surface area contributed by atoms with Crippen molar-refractivity contribution in [2.24, 2.45) is 0 Å². The molecule has 146 valence electrons. The number of nitrogens with one attached hydrogen (secondary N) is 3. The Hall–Kier alpha value is -3.00. The molecule has 0 radical (unpaired) electrons. The number of hydrogen-bond donors (Lipinski definition) is 3. The number of benzene rings is 1. The molecule has 8 nitrogen and oxygen atoms in total. The summed E-state index contributed by atoms with van der Waals surface area (Å²) < 4.78 is 1.89. The van der Waals surface area contributed by atoms with E-state index >= 15 is 0 Å². The molecule has 28 heavy (non-hydrogen) atoms. The largest absolute Gasteiger partial charge is 0.320 e. The van der Waals surface area contributed by atoms with E-state index in [1.165, 1.54) is 0 Å². The van der Waals surface area contributed by atoms with Gasteiger partial charge in [-0.1, -0.05) is 26.0 Å². The highest BCUT2D eigenvalue weighted by Crippen LogP contribution is 2.26. The lowest BCUT2D eigenvalue weighted by molar-refractivity contribution is 0.102. The minimum absolute atomic E-state index is 0.241. The maximum Gasteiger partial charge on any atom is 0.276 e. The van der Waals surface area contributed by atoms with E-state index in [9.17, 15) is 4.79 Å². The van der Waals surface area contributed by atoms with Crippen LogP contribution in [0.15, 0.2) is 36.5 Å². The average molecular weight is 379 g/mol. The molecule has 1 aliphatic heterocycles. The smallest absolute Gasteiger partial charge is 0.276 e. The second-order valence-corrected chi connectivity index (χ2v) is 7.38. The number of H-pyrrole nitrogens is 1. The highest BCUT2D eigenvalue weighted by atomic mass is 16.2. The van der Waals surface area contributed by atoms with E-state index in [4.69, 9.17) is 0 Å². The lowest BCUT2D eigenvalue weighted by atomic mass is 10.1. The maximum atomic E-state index is 12.8. The zero-order valence-corrected chi connectivity index (χ0v) is 16.1. The highest BCUT2D eigenvalue weighted by molar-refractivity contribution is 6.04. The molecule has 1 aromatic carbocycles. The first kappa shape index (κ1) is 18.4. The number of amides is 1. The predicted molar refractivity (Wildman–Crippen MR) is 107 cm³/mol. The van der Waals surface area contributed by atoms with Gasteiger partial charge in [-0.15, -0.1) is 0 Å². The second-order valence-electron chi connectivity index (χ2n) is 7.38. The molecule has 1 aliphatic rings. The van der Waals surface area contributed by atoms with Gasteiger partial charge in [0, 0.05) is 24.2 Å². The van der Waals surface area contributed by atoms with Gasteiger partial charge < -0.3 is 10.6 Å². The third kappa shape index (κ3) is 3.82. The Balaban J connectivity index is 1.53. The molecule has 3 aromatic rings. The van der Waals surface area contributed by atoms with E-state index in [0.29, 0.717) is 23.2 Å². The lowest BCUT2D eigenvalue weighted by Gasteiger charge is -2.22.